The van der Waals surface area contributed by atoms with E-state index in [0.29, 0.717) is 50.4 Å². The Morgan fingerprint density at radius 1 is 0.975 bits per heavy atom. The molecule has 4 unspecified atom stereocenters. The van der Waals surface area contributed by atoms with Gasteiger partial charge in [-0.3, -0.25) is 19.2 Å². The zero-order valence-corrected chi connectivity index (χ0v) is 23.7. The average Bonchev–Trinajstić information content (AvgIpc) is 3.67. The first-order chi connectivity index (χ1) is 19.1. The van der Waals surface area contributed by atoms with Crippen molar-refractivity contribution in [3.63, 3.8) is 0 Å². The minimum atomic E-state index is -0.963. The van der Waals surface area contributed by atoms with Crippen LogP contribution in [0.1, 0.15) is 70.8 Å². The summed E-state index contributed by atoms with van der Waals surface area (Å²) >= 11 is 0. The molecule has 10 heteroatoms. The van der Waals surface area contributed by atoms with Crippen LogP contribution in [-0.2, 0) is 30.3 Å². The number of epoxide rings is 1. The van der Waals surface area contributed by atoms with E-state index < -0.39 is 35.5 Å². The minimum Gasteiger partial charge on any atom is -0.497 e. The summed E-state index contributed by atoms with van der Waals surface area (Å²) in [5, 5.41) is 18.2. The molecule has 0 aromatic heterocycles. The van der Waals surface area contributed by atoms with Crippen LogP contribution in [0.25, 0.3) is 0 Å². The van der Waals surface area contributed by atoms with Gasteiger partial charge in [0, 0.05) is 12.3 Å². The van der Waals surface area contributed by atoms with Gasteiger partial charge < -0.3 is 30.5 Å². The van der Waals surface area contributed by atoms with E-state index in [-0.39, 0.29) is 30.1 Å². The van der Waals surface area contributed by atoms with Gasteiger partial charge in [0.25, 0.3) is 0 Å². The number of methoxy groups -OCH3 is 1. The largest absolute Gasteiger partial charge is 0.497 e. The Balaban J connectivity index is 1.44. The number of amides is 3. The van der Waals surface area contributed by atoms with E-state index in [1.165, 1.54) is 0 Å². The number of ketones is 1. The third-order valence-corrected chi connectivity index (χ3v) is 8.58. The highest BCUT2D eigenvalue weighted by atomic mass is 16.6. The van der Waals surface area contributed by atoms with Gasteiger partial charge in [-0.1, -0.05) is 31.4 Å². The SMILES string of the molecule is COc1ccc(CC(NC(=O)C(C)NC(=O)C2CCC(O)CC2)C(=O)NC(CC2CCC2)C(=O)C2(C)CO2)cc1. The molecular weight excluding hydrogens is 514 g/mol. The summed E-state index contributed by atoms with van der Waals surface area (Å²) in [6.45, 7) is 3.66. The number of rotatable bonds is 13. The van der Waals surface area contributed by atoms with Crippen LogP contribution < -0.4 is 20.7 Å². The molecule has 0 bridgehead atoms. The van der Waals surface area contributed by atoms with Crippen LogP contribution in [0.15, 0.2) is 24.3 Å². The lowest BCUT2D eigenvalue weighted by atomic mass is 9.79. The second kappa shape index (κ2) is 13.1. The zero-order chi connectivity index (χ0) is 28.9. The molecule has 0 radical (unpaired) electrons. The van der Waals surface area contributed by atoms with Crippen molar-refractivity contribution >= 4 is 23.5 Å². The fraction of sp³-hybridized carbons (Fsp3) is 0.667. The number of aliphatic hydroxyl groups is 1. The summed E-state index contributed by atoms with van der Waals surface area (Å²) in [6.07, 6.45) is 5.81. The van der Waals surface area contributed by atoms with Crippen molar-refractivity contribution in [2.75, 3.05) is 13.7 Å². The number of ether oxygens (including phenoxy) is 2. The molecule has 3 aliphatic rings. The predicted octanol–water partition coefficient (Wildman–Crippen LogP) is 1.81. The van der Waals surface area contributed by atoms with Crippen LogP contribution in [0, 0.1) is 11.8 Å². The van der Waals surface area contributed by atoms with Crippen LogP contribution in [0.4, 0.5) is 0 Å². The lowest BCUT2D eigenvalue weighted by molar-refractivity contribution is -0.135. The van der Waals surface area contributed by atoms with E-state index in [4.69, 9.17) is 9.47 Å². The number of hydrogen-bond donors (Lipinski definition) is 4. The summed E-state index contributed by atoms with van der Waals surface area (Å²) in [7, 11) is 1.57. The summed E-state index contributed by atoms with van der Waals surface area (Å²) in [5.41, 5.74) is -0.0669. The number of aliphatic hydroxyl groups excluding tert-OH is 1. The standard InChI is InChI=1S/C30H43N3O7/c1-18(31-28(37)21-9-11-22(34)12-10-21)27(36)33-25(16-20-7-13-23(39-3)14-8-20)29(38)32-24(15-19-5-4-6-19)26(35)30(2)17-40-30/h7-8,13-14,18-19,21-22,24-25,34H,4-6,9-12,15-17H2,1-3H3,(H,31,37)(H,32,38)(H,33,36). The molecule has 1 aromatic carbocycles. The van der Waals surface area contributed by atoms with Gasteiger partial charge in [0.15, 0.2) is 5.78 Å². The highest BCUT2D eigenvalue weighted by molar-refractivity contribution is 5.98. The first kappa shape index (κ1) is 30.0. The summed E-state index contributed by atoms with van der Waals surface area (Å²) in [5.74, 6) is -0.508. The smallest absolute Gasteiger partial charge is 0.243 e. The first-order valence-electron chi connectivity index (χ1n) is 14.5. The van der Waals surface area contributed by atoms with Gasteiger partial charge in [-0.25, -0.2) is 0 Å². The van der Waals surface area contributed by atoms with Gasteiger partial charge in [-0.15, -0.1) is 0 Å². The van der Waals surface area contributed by atoms with Crippen molar-refractivity contribution in [1.29, 1.82) is 0 Å². The second-order valence-corrected chi connectivity index (χ2v) is 11.8. The quantitative estimate of drug-likeness (QED) is 0.271. The van der Waals surface area contributed by atoms with Crippen molar-refractivity contribution in [2.24, 2.45) is 11.8 Å². The molecule has 1 aromatic rings. The van der Waals surface area contributed by atoms with Gasteiger partial charge in [0.1, 0.15) is 23.4 Å². The lowest BCUT2D eigenvalue weighted by Gasteiger charge is -2.31. The molecule has 2 aliphatic carbocycles. The van der Waals surface area contributed by atoms with Crippen LogP contribution in [0.5, 0.6) is 5.75 Å². The van der Waals surface area contributed by atoms with Crippen LogP contribution >= 0.6 is 0 Å². The predicted molar refractivity (Wildman–Crippen MR) is 147 cm³/mol. The molecule has 3 fully saturated rings. The van der Waals surface area contributed by atoms with Crippen LogP contribution in [0.2, 0.25) is 0 Å². The van der Waals surface area contributed by atoms with E-state index in [1.807, 2.05) is 12.1 Å². The fourth-order valence-electron chi connectivity index (χ4n) is 5.42. The summed E-state index contributed by atoms with van der Waals surface area (Å²) in [6, 6.07) is 4.69. The first-order valence-corrected chi connectivity index (χ1v) is 14.5. The van der Waals surface area contributed by atoms with Gasteiger partial charge in [0.05, 0.1) is 25.9 Å². The highest BCUT2D eigenvalue weighted by Gasteiger charge is 2.50. The molecular formula is C30H43N3O7. The molecule has 220 valence electrons. The molecule has 1 heterocycles. The van der Waals surface area contributed by atoms with E-state index in [2.05, 4.69) is 16.0 Å². The fourth-order valence-corrected chi connectivity index (χ4v) is 5.42. The summed E-state index contributed by atoms with van der Waals surface area (Å²) < 4.78 is 10.6. The van der Waals surface area contributed by atoms with E-state index in [1.54, 1.807) is 33.1 Å². The van der Waals surface area contributed by atoms with Crippen molar-refractivity contribution in [3.05, 3.63) is 29.8 Å². The Kier molecular flexibility index (Phi) is 9.84. The second-order valence-electron chi connectivity index (χ2n) is 11.8. The Labute approximate surface area is 235 Å². The van der Waals surface area contributed by atoms with Gasteiger partial charge in [-0.05, 0) is 69.6 Å². The monoisotopic (exact) mass is 557 g/mol. The zero-order valence-electron chi connectivity index (χ0n) is 23.7. The number of nitrogens with one attached hydrogen (secondary N) is 3. The molecule has 1 aliphatic heterocycles. The number of benzene rings is 1. The highest BCUT2D eigenvalue weighted by Crippen LogP contribution is 2.34. The third-order valence-electron chi connectivity index (χ3n) is 8.58. The molecule has 10 nitrogen and oxygen atoms in total. The minimum absolute atomic E-state index is 0.138. The topological polar surface area (TPSA) is 146 Å². The van der Waals surface area contributed by atoms with Gasteiger partial charge in [-0.2, -0.15) is 0 Å². The Morgan fingerprint density at radius 3 is 2.15 bits per heavy atom. The molecule has 3 amide bonds. The maximum atomic E-state index is 13.6. The molecule has 2 saturated carbocycles. The normalized spacial score (nSPS) is 26.4. The average molecular weight is 558 g/mol. The van der Waals surface area contributed by atoms with E-state index in [9.17, 15) is 24.3 Å². The molecule has 4 atom stereocenters. The van der Waals surface area contributed by atoms with Crippen molar-refractivity contribution in [3.8, 4) is 5.75 Å². The third kappa shape index (κ3) is 7.81. The van der Waals surface area contributed by atoms with Crippen molar-refractivity contribution in [1.82, 2.24) is 16.0 Å². The maximum absolute atomic E-state index is 13.6. The van der Waals surface area contributed by atoms with Gasteiger partial charge >= 0.3 is 0 Å². The van der Waals surface area contributed by atoms with Crippen molar-refractivity contribution < 1.29 is 33.8 Å². The molecule has 4 N–H and O–H groups in total. The number of carbonyl (C=O) groups excluding carboxylic acids is 4. The molecule has 1 saturated heterocycles. The van der Waals surface area contributed by atoms with Crippen molar-refractivity contribution in [2.45, 2.75) is 101 Å². The van der Waals surface area contributed by atoms with Gasteiger partial charge in [0.2, 0.25) is 17.7 Å². The van der Waals surface area contributed by atoms with Crippen LogP contribution in [-0.4, -0.2) is 72.2 Å². The van der Waals surface area contributed by atoms with E-state index in [0.717, 1.165) is 24.8 Å². The molecule has 4 rings (SSSR count). The lowest BCUT2D eigenvalue weighted by Crippen LogP contribution is -2.57. The maximum Gasteiger partial charge on any atom is 0.243 e. The Bertz CT molecular complexity index is 1060. The Hall–Kier alpha value is -2.98. The Morgan fingerprint density at radius 2 is 1.60 bits per heavy atom. The number of hydrogen-bond acceptors (Lipinski definition) is 7. The van der Waals surface area contributed by atoms with Crippen LogP contribution in [0.3, 0.4) is 0 Å². The molecule has 0 spiro atoms. The number of carbonyl (C=O) groups is 4. The summed E-state index contributed by atoms with van der Waals surface area (Å²) in [4.78, 5) is 52.8. The van der Waals surface area contributed by atoms with E-state index >= 15 is 0 Å². The molecule has 40 heavy (non-hydrogen) atoms. The number of Topliss-reactive ketones (excluding diaryl/α,β-unsaturated/α-hetero) is 1.